The summed E-state index contributed by atoms with van der Waals surface area (Å²) in [5.41, 5.74) is 3.43. The van der Waals surface area contributed by atoms with Crippen LogP contribution in [0.1, 0.15) is 15.2 Å². The maximum absolute atomic E-state index is 12.2. The van der Waals surface area contributed by atoms with Crippen molar-refractivity contribution in [3.05, 3.63) is 64.0 Å². The summed E-state index contributed by atoms with van der Waals surface area (Å²) < 4.78 is 11.6. The number of ether oxygens (including phenoxy) is 2. The zero-order chi connectivity index (χ0) is 17.9. The van der Waals surface area contributed by atoms with Crippen LogP contribution in [-0.2, 0) is 0 Å². The van der Waals surface area contributed by atoms with Crippen LogP contribution in [0.25, 0.3) is 16.2 Å². The number of halogens is 1. The fraction of sp³-hybridized carbons (Fsp3) is 0.0526. The lowest BCUT2D eigenvalue weighted by Crippen LogP contribution is -2.16. The fourth-order valence-electron chi connectivity index (χ4n) is 2.52. The second-order valence-corrected chi connectivity index (χ2v) is 6.86. The number of carbonyl (C=O) groups excluding carboxylic acids is 1. The molecule has 3 aromatic rings. The molecule has 2 aromatic carbocycles. The smallest absolute Gasteiger partial charge is 0.283 e. The molecule has 26 heavy (non-hydrogen) atoms. The Kier molecular flexibility index (Phi) is 4.60. The zero-order valence-electron chi connectivity index (χ0n) is 13.4. The van der Waals surface area contributed by atoms with Gasteiger partial charge in [-0.25, -0.2) is 5.43 Å². The summed E-state index contributed by atoms with van der Waals surface area (Å²) in [5.74, 6) is 1.13. The Balaban J connectivity index is 1.40. The summed E-state index contributed by atoms with van der Waals surface area (Å²) in [7, 11) is 0. The number of benzene rings is 2. The molecule has 0 atom stereocenters. The molecule has 0 spiro atoms. The average molecular weight is 385 g/mol. The SMILES string of the molecule is O=C(N/N=C/C=C/c1ccc2c(c1)OCO2)c1sc2ccccc2c1Cl. The van der Waals surface area contributed by atoms with E-state index in [0.29, 0.717) is 9.90 Å². The molecule has 0 unspecified atom stereocenters. The molecule has 7 heteroatoms. The van der Waals surface area contributed by atoms with E-state index < -0.39 is 0 Å². The minimum atomic E-state index is -0.330. The molecule has 0 radical (unpaired) electrons. The molecular weight excluding hydrogens is 372 g/mol. The predicted octanol–water partition coefficient (Wildman–Crippen LogP) is 4.71. The van der Waals surface area contributed by atoms with Gasteiger partial charge in [-0.15, -0.1) is 11.3 Å². The van der Waals surface area contributed by atoms with Crippen LogP contribution in [0.2, 0.25) is 5.02 Å². The van der Waals surface area contributed by atoms with Crippen LogP contribution in [0, 0.1) is 0 Å². The van der Waals surface area contributed by atoms with Crippen molar-refractivity contribution in [3.63, 3.8) is 0 Å². The first kappa shape index (κ1) is 16.6. The number of allylic oxidation sites excluding steroid dienone is 1. The lowest BCUT2D eigenvalue weighted by atomic mass is 10.2. The number of rotatable bonds is 4. The monoisotopic (exact) mass is 384 g/mol. The predicted molar refractivity (Wildman–Crippen MR) is 104 cm³/mol. The van der Waals surface area contributed by atoms with Crippen LogP contribution in [0.5, 0.6) is 11.5 Å². The van der Waals surface area contributed by atoms with E-state index in [1.54, 1.807) is 6.08 Å². The molecule has 1 aromatic heterocycles. The van der Waals surface area contributed by atoms with E-state index in [2.05, 4.69) is 10.5 Å². The maximum atomic E-state index is 12.2. The van der Waals surface area contributed by atoms with Crippen molar-refractivity contribution in [3.8, 4) is 11.5 Å². The third-order valence-corrected chi connectivity index (χ3v) is 5.43. The third kappa shape index (κ3) is 3.29. The van der Waals surface area contributed by atoms with Crippen LogP contribution in [-0.4, -0.2) is 18.9 Å². The van der Waals surface area contributed by atoms with Crippen LogP contribution in [0.4, 0.5) is 0 Å². The molecule has 1 N–H and O–H groups in total. The van der Waals surface area contributed by atoms with Crippen molar-refractivity contribution in [1.29, 1.82) is 0 Å². The lowest BCUT2D eigenvalue weighted by Gasteiger charge is -1.97. The summed E-state index contributed by atoms with van der Waals surface area (Å²) in [6, 6.07) is 13.3. The standard InChI is InChI=1S/C19H13ClN2O3S/c20-17-13-5-1-2-6-16(13)26-18(17)19(23)22-21-9-3-4-12-7-8-14-15(10-12)25-11-24-14/h1-10H,11H2,(H,22,23)/b4-3+,21-9+. The zero-order valence-corrected chi connectivity index (χ0v) is 15.0. The van der Waals surface area contributed by atoms with Gasteiger partial charge in [0.25, 0.3) is 5.91 Å². The van der Waals surface area contributed by atoms with Crippen molar-refractivity contribution in [2.24, 2.45) is 5.10 Å². The van der Waals surface area contributed by atoms with Gasteiger partial charge in [0.05, 0.1) is 5.02 Å². The molecule has 0 saturated heterocycles. The molecule has 5 nitrogen and oxygen atoms in total. The number of amides is 1. The van der Waals surface area contributed by atoms with Gasteiger partial charge in [-0.05, 0) is 29.8 Å². The van der Waals surface area contributed by atoms with E-state index in [4.69, 9.17) is 21.1 Å². The third-order valence-electron chi connectivity index (χ3n) is 3.75. The van der Waals surface area contributed by atoms with Gasteiger partial charge in [0.1, 0.15) is 4.88 Å². The van der Waals surface area contributed by atoms with Gasteiger partial charge >= 0.3 is 0 Å². The highest BCUT2D eigenvalue weighted by molar-refractivity contribution is 7.21. The molecule has 1 aliphatic heterocycles. The topological polar surface area (TPSA) is 59.9 Å². The number of nitrogens with one attached hydrogen (secondary N) is 1. The number of fused-ring (bicyclic) bond motifs is 2. The van der Waals surface area contributed by atoms with Crippen LogP contribution in [0.3, 0.4) is 0 Å². The van der Waals surface area contributed by atoms with Gasteiger partial charge < -0.3 is 9.47 Å². The quantitative estimate of drug-likeness (QED) is 0.523. The molecule has 0 fully saturated rings. The second kappa shape index (κ2) is 7.19. The summed E-state index contributed by atoms with van der Waals surface area (Å²) in [6.07, 6.45) is 5.08. The largest absolute Gasteiger partial charge is 0.454 e. The highest BCUT2D eigenvalue weighted by atomic mass is 35.5. The van der Waals surface area contributed by atoms with Crippen molar-refractivity contribution in [1.82, 2.24) is 5.43 Å². The second-order valence-electron chi connectivity index (χ2n) is 5.43. The van der Waals surface area contributed by atoms with Crippen molar-refractivity contribution >= 4 is 51.2 Å². The number of nitrogens with zero attached hydrogens (tertiary/aromatic N) is 1. The maximum Gasteiger partial charge on any atom is 0.283 e. The Hall–Kier alpha value is -2.83. The van der Waals surface area contributed by atoms with Gasteiger partial charge in [0.15, 0.2) is 11.5 Å². The molecule has 2 heterocycles. The normalized spacial score (nSPS) is 13.1. The minimum absolute atomic E-state index is 0.246. The summed E-state index contributed by atoms with van der Waals surface area (Å²) in [5, 5.41) is 5.25. The van der Waals surface area contributed by atoms with Crippen LogP contribution >= 0.6 is 22.9 Å². The summed E-state index contributed by atoms with van der Waals surface area (Å²) in [4.78, 5) is 12.7. The number of hydrogen-bond acceptors (Lipinski definition) is 5. The highest BCUT2D eigenvalue weighted by Gasteiger charge is 2.16. The molecule has 1 amide bonds. The van der Waals surface area contributed by atoms with Gasteiger partial charge in [-0.1, -0.05) is 41.9 Å². The van der Waals surface area contributed by atoms with Crippen molar-refractivity contribution in [2.45, 2.75) is 0 Å². The van der Waals surface area contributed by atoms with E-state index in [0.717, 1.165) is 27.1 Å². The Bertz CT molecular complexity index is 1040. The van der Waals surface area contributed by atoms with E-state index in [-0.39, 0.29) is 12.7 Å². The van der Waals surface area contributed by atoms with E-state index in [9.17, 15) is 4.79 Å². The first-order valence-corrected chi connectivity index (χ1v) is 8.98. The molecule has 130 valence electrons. The Morgan fingerprint density at radius 1 is 1.19 bits per heavy atom. The Morgan fingerprint density at radius 3 is 2.92 bits per heavy atom. The number of carbonyl (C=O) groups is 1. The molecule has 0 saturated carbocycles. The Morgan fingerprint density at radius 2 is 2.04 bits per heavy atom. The molecule has 4 rings (SSSR count). The average Bonchev–Trinajstić information content (AvgIpc) is 3.26. The highest BCUT2D eigenvalue weighted by Crippen LogP contribution is 2.35. The number of thiophene rings is 1. The minimum Gasteiger partial charge on any atom is -0.454 e. The van der Waals surface area contributed by atoms with Crippen LogP contribution < -0.4 is 14.9 Å². The number of hydrogen-bond donors (Lipinski definition) is 1. The molecule has 1 aliphatic rings. The van der Waals surface area contributed by atoms with E-state index in [1.165, 1.54) is 17.6 Å². The Labute approximate surface area is 158 Å². The summed E-state index contributed by atoms with van der Waals surface area (Å²) in [6.45, 7) is 0.246. The molecule has 0 aliphatic carbocycles. The fourth-order valence-corrected chi connectivity index (χ4v) is 3.93. The van der Waals surface area contributed by atoms with E-state index in [1.807, 2.05) is 48.5 Å². The first-order valence-electron chi connectivity index (χ1n) is 7.79. The van der Waals surface area contributed by atoms with E-state index >= 15 is 0 Å². The van der Waals surface area contributed by atoms with Crippen molar-refractivity contribution in [2.75, 3.05) is 6.79 Å². The van der Waals surface area contributed by atoms with Gasteiger partial charge in [0, 0.05) is 16.3 Å². The van der Waals surface area contributed by atoms with Gasteiger partial charge in [0.2, 0.25) is 6.79 Å². The van der Waals surface area contributed by atoms with Gasteiger partial charge in [-0.2, -0.15) is 5.10 Å². The van der Waals surface area contributed by atoms with Crippen molar-refractivity contribution < 1.29 is 14.3 Å². The van der Waals surface area contributed by atoms with Crippen LogP contribution in [0.15, 0.2) is 53.6 Å². The summed E-state index contributed by atoms with van der Waals surface area (Å²) >= 11 is 7.62. The molecular formula is C19H13ClN2O3S. The molecule has 0 bridgehead atoms. The first-order chi connectivity index (χ1) is 12.7. The number of hydrazone groups is 1. The van der Waals surface area contributed by atoms with Gasteiger partial charge in [-0.3, -0.25) is 4.79 Å². The lowest BCUT2D eigenvalue weighted by molar-refractivity contribution is 0.0959.